The first kappa shape index (κ1) is 17.7. The smallest absolute Gasteiger partial charge is 0.253 e. The Labute approximate surface area is 142 Å². The van der Waals surface area contributed by atoms with Gasteiger partial charge in [0.05, 0.1) is 16.6 Å². The molecule has 23 heavy (non-hydrogen) atoms. The number of carbonyl (C=O) groups excluding carboxylic acids is 1. The molecule has 0 spiro atoms. The van der Waals surface area contributed by atoms with Gasteiger partial charge in [-0.1, -0.05) is 6.07 Å². The van der Waals surface area contributed by atoms with E-state index in [0.717, 1.165) is 42.7 Å². The van der Waals surface area contributed by atoms with Gasteiger partial charge in [-0.05, 0) is 51.4 Å². The van der Waals surface area contributed by atoms with Crippen molar-refractivity contribution in [3.8, 4) is 0 Å². The third-order valence-electron chi connectivity index (χ3n) is 4.32. The van der Waals surface area contributed by atoms with Crippen LogP contribution in [0.3, 0.4) is 0 Å². The molecular weight excluding hydrogens is 314 g/mol. The summed E-state index contributed by atoms with van der Waals surface area (Å²) in [6.45, 7) is 4.31. The number of H-pyrrole nitrogens is 1. The second-order valence-corrected chi connectivity index (χ2v) is 6.05. The number of para-hydroxylation sites is 1. The van der Waals surface area contributed by atoms with Crippen molar-refractivity contribution in [1.82, 2.24) is 20.6 Å². The minimum Gasteiger partial charge on any atom is -0.352 e. The van der Waals surface area contributed by atoms with Gasteiger partial charge in [-0.3, -0.25) is 4.79 Å². The van der Waals surface area contributed by atoms with Crippen LogP contribution < -0.4 is 16.4 Å². The maximum atomic E-state index is 12.3. The minimum atomic E-state index is -0.133. The Kier molecular flexibility index (Phi) is 5.62. The molecule has 0 radical (unpaired) electrons. The van der Waals surface area contributed by atoms with E-state index in [4.69, 9.17) is 10.7 Å². The van der Waals surface area contributed by atoms with Gasteiger partial charge in [-0.25, -0.2) is 4.98 Å². The monoisotopic (exact) mass is 337 g/mol. The molecule has 0 saturated carbocycles. The number of aromatic amines is 1. The number of benzene rings is 1. The van der Waals surface area contributed by atoms with Crippen LogP contribution in [-0.2, 0) is 5.54 Å². The van der Waals surface area contributed by atoms with Crippen LogP contribution in [0.15, 0.2) is 18.2 Å². The lowest BCUT2D eigenvalue weighted by Gasteiger charge is -2.21. The predicted molar refractivity (Wildman–Crippen MR) is 93.9 cm³/mol. The Morgan fingerprint density at radius 2 is 2.30 bits per heavy atom. The van der Waals surface area contributed by atoms with Crippen LogP contribution in [0.4, 0.5) is 0 Å². The lowest BCUT2D eigenvalue weighted by molar-refractivity contribution is 0.0955. The van der Waals surface area contributed by atoms with Crippen molar-refractivity contribution in [1.29, 1.82) is 0 Å². The molecule has 126 valence electrons. The van der Waals surface area contributed by atoms with Gasteiger partial charge >= 0.3 is 0 Å². The Morgan fingerprint density at radius 1 is 1.48 bits per heavy atom. The number of hydrogen-bond donors (Lipinski definition) is 4. The minimum absolute atomic E-state index is 0. The lowest BCUT2D eigenvalue weighted by atomic mass is 10.00. The van der Waals surface area contributed by atoms with Crippen molar-refractivity contribution in [3.63, 3.8) is 0 Å². The van der Waals surface area contributed by atoms with E-state index in [0.29, 0.717) is 18.7 Å². The molecule has 0 bridgehead atoms. The molecule has 5 N–H and O–H groups in total. The first-order valence-electron chi connectivity index (χ1n) is 7.86. The molecule has 2 aromatic rings. The number of imidazole rings is 1. The fourth-order valence-corrected chi connectivity index (χ4v) is 2.97. The molecule has 1 atom stereocenters. The number of nitrogens with zero attached hydrogens (tertiary/aromatic N) is 1. The van der Waals surface area contributed by atoms with E-state index in [2.05, 4.69) is 22.5 Å². The summed E-state index contributed by atoms with van der Waals surface area (Å²) >= 11 is 0. The zero-order valence-corrected chi connectivity index (χ0v) is 14.1. The molecule has 1 unspecified atom stereocenters. The van der Waals surface area contributed by atoms with E-state index in [9.17, 15) is 4.79 Å². The summed E-state index contributed by atoms with van der Waals surface area (Å²) in [5, 5.41) is 6.38. The molecule has 7 heteroatoms. The molecule has 1 saturated heterocycles. The van der Waals surface area contributed by atoms with Gasteiger partial charge in [-0.2, -0.15) is 0 Å². The number of hydrogen-bond acceptors (Lipinski definition) is 4. The third kappa shape index (κ3) is 3.49. The van der Waals surface area contributed by atoms with Crippen molar-refractivity contribution < 1.29 is 4.79 Å². The third-order valence-corrected chi connectivity index (χ3v) is 4.32. The SMILES string of the molecule is CC1(c2nc3c(C(=O)NCCCN)cccc3[nH]2)CCCN1.Cl. The van der Waals surface area contributed by atoms with Crippen LogP contribution in [-0.4, -0.2) is 35.5 Å². The molecule has 1 amide bonds. The van der Waals surface area contributed by atoms with E-state index in [1.807, 2.05) is 18.2 Å². The number of rotatable bonds is 5. The standard InChI is InChI=1S/C16H23N5O.ClH/c1-16(7-3-10-19-16)15-20-12-6-2-5-11(13(12)21-15)14(22)18-9-4-8-17;/h2,5-6,19H,3-4,7-10,17H2,1H3,(H,18,22)(H,20,21);1H. The highest BCUT2D eigenvalue weighted by molar-refractivity contribution is 6.04. The van der Waals surface area contributed by atoms with Gasteiger partial charge in [0, 0.05) is 6.54 Å². The van der Waals surface area contributed by atoms with Crippen LogP contribution in [0, 0.1) is 0 Å². The summed E-state index contributed by atoms with van der Waals surface area (Å²) in [7, 11) is 0. The number of aromatic nitrogens is 2. The summed E-state index contributed by atoms with van der Waals surface area (Å²) in [4.78, 5) is 20.4. The highest BCUT2D eigenvalue weighted by Crippen LogP contribution is 2.30. The number of nitrogens with one attached hydrogen (secondary N) is 3. The summed E-state index contributed by atoms with van der Waals surface area (Å²) < 4.78 is 0. The molecule has 1 aromatic heterocycles. The number of carbonyl (C=O) groups is 1. The molecular formula is C16H24ClN5O. The van der Waals surface area contributed by atoms with E-state index >= 15 is 0 Å². The number of fused-ring (bicyclic) bond motifs is 1. The molecule has 1 aliphatic heterocycles. The molecule has 6 nitrogen and oxygen atoms in total. The molecule has 1 fully saturated rings. The Hall–Kier alpha value is -1.63. The van der Waals surface area contributed by atoms with Crippen molar-refractivity contribution in [3.05, 3.63) is 29.6 Å². The molecule has 1 aliphatic rings. The highest BCUT2D eigenvalue weighted by Gasteiger charge is 2.33. The fraction of sp³-hybridized carbons (Fsp3) is 0.500. The van der Waals surface area contributed by atoms with Crippen molar-refractivity contribution >= 4 is 29.3 Å². The van der Waals surface area contributed by atoms with Crippen LogP contribution >= 0.6 is 12.4 Å². The molecule has 1 aromatic carbocycles. The van der Waals surface area contributed by atoms with Crippen LogP contribution in [0.25, 0.3) is 11.0 Å². The van der Waals surface area contributed by atoms with Gasteiger partial charge in [0.15, 0.2) is 0 Å². The number of amides is 1. The lowest BCUT2D eigenvalue weighted by Crippen LogP contribution is -2.34. The summed E-state index contributed by atoms with van der Waals surface area (Å²) in [5.41, 5.74) is 7.57. The van der Waals surface area contributed by atoms with Crippen LogP contribution in [0.1, 0.15) is 42.4 Å². The quantitative estimate of drug-likeness (QED) is 0.624. The van der Waals surface area contributed by atoms with Crippen molar-refractivity contribution in [2.45, 2.75) is 31.7 Å². The van der Waals surface area contributed by atoms with E-state index in [1.54, 1.807) is 0 Å². The second-order valence-electron chi connectivity index (χ2n) is 6.05. The molecule has 3 rings (SSSR count). The molecule has 2 heterocycles. The van der Waals surface area contributed by atoms with E-state index in [-0.39, 0.29) is 23.9 Å². The Bertz CT molecular complexity index is 678. The topological polar surface area (TPSA) is 95.8 Å². The zero-order valence-electron chi connectivity index (χ0n) is 13.3. The van der Waals surface area contributed by atoms with Crippen LogP contribution in [0.2, 0.25) is 0 Å². The highest BCUT2D eigenvalue weighted by atomic mass is 35.5. The van der Waals surface area contributed by atoms with Gasteiger partial charge in [0.2, 0.25) is 0 Å². The fourth-order valence-electron chi connectivity index (χ4n) is 2.97. The van der Waals surface area contributed by atoms with E-state index in [1.165, 1.54) is 0 Å². The zero-order chi connectivity index (χ0) is 15.6. The maximum absolute atomic E-state index is 12.3. The van der Waals surface area contributed by atoms with Crippen molar-refractivity contribution in [2.75, 3.05) is 19.6 Å². The molecule has 0 aliphatic carbocycles. The Balaban J connectivity index is 0.00000192. The summed E-state index contributed by atoms with van der Waals surface area (Å²) in [6.07, 6.45) is 2.96. The van der Waals surface area contributed by atoms with Gasteiger partial charge in [0.1, 0.15) is 11.3 Å². The second kappa shape index (κ2) is 7.29. The largest absolute Gasteiger partial charge is 0.352 e. The van der Waals surface area contributed by atoms with E-state index < -0.39 is 0 Å². The number of halogens is 1. The Morgan fingerprint density at radius 3 is 3.00 bits per heavy atom. The van der Waals surface area contributed by atoms with Gasteiger partial charge in [-0.15, -0.1) is 12.4 Å². The maximum Gasteiger partial charge on any atom is 0.253 e. The first-order chi connectivity index (χ1) is 10.6. The number of nitrogens with two attached hydrogens (primary N) is 1. The van der Waals surface area contributed by atoms with Gasteiger partial charge < -0.3 is 21.4 Å². The van der Waals surface area contributed by atoms with Crippen molar-refractivity contribution in [2.24, 2.45) is 5.73 Å². The first-order valence-corrected chi connectivity index (χ1v) is 7.86. The predicted octanol–water partition coefficient (Wildman–Crippen LogP) is 1.66. The van der Waals surface area contributed by atoms with Crippen LogP contribution in [0.5, 0.6) is 0 Å². The van der Waals surface area contributed by atoms with Gasteiger partial charge in [0.25, 0.3) is 5.91 Å². The average molecular weight is 338 g/mol. The normalized spacial score (nSPS) is 20.4. The summed E-state index contributed by atoms with van der Waals surface area (Å²) in [6, 6.07) is 5.66. The summed E-state index contributed by atoms with van der Waals surface area (Å²) in [5.74, 6) is 0.809. The average Bonchev–Trinajstić information content (AvgIpc) is 3.14.